The van der Waals surface area contributed by atoms with Crippen LogP contribution in [0.25, 0.3) is 0 Å². The van der Waals surface area contributed by atoms with Crippen LogP contribution >= 0.6 is 15.9 Å². The second-order valence-corrected chi connectivity index (χ2v) is 6.37. The minimum Gasteiger partial charge on any atom is -0.496 e. The number of aryl methyl sites for hydroxylation is 3. The van der Waals surface area contributed by atoms with Gasteiger partial charge >= 0.3 is 0 Å². The molecule has 2 nitrogen and oxygen atoms in total. The molecule has 1 unspecified atom stereocenters. The average molecular weight is 348 g/mol. The summed E-state index contributed by atoms with van der Waals surface area (Å²) in [7, 11) is 1.70. The summed E-state index contributed by atoms with van der Waals surface area (Å²) in [5, 5.41) is 0. The van der Waals surface area contributed by atoms with E-state index < -0.39 is 0 Å². The molecule has 0 heterocycles. The zero-order valence-electron chi connectivity index (χ0n) is 13.3. The molecule has 0 aliphatic heterocycles. The molecule has 0 radical (unpaired) electrons. The fraction of sp³-hybridized carbons (Fsp3) is 0.333. The third-order valence-electron chi connectivity index (χ3n) is 4.06. The van der Waals surface area contributed by atoms with Gasteiger partial charge in [0.05, 0.1) is 13.2 Å². The van der Waals surface area contributed by atoms with Crippen LogP contribution in [-0.4, -0.2) is 7.11 Å². The van der Waals surface area contributed by atoms with Crippen molar-refractivity contribution in [1.29, 1.82) is 0 Å². The molecule has 0 aliphatic rings. The first-order chi connectivity index (χ1) is 9.86. The standard InChI is InChI=1S/C18H22BrNO/c1-10-6-7-15(18(21-5)13(10)4)17(20)14-8-11(2)16(19)12(3)9-14/h6-9,17H,20H2,1-5H3. The molecular formula is C18H22BrNO. The van der Waals surface area contributed by atoms with Crippen molar-refractivity contribution in [1.82, 2.24) is 0 Å². The van der Waals surface area contributed by atoms with Gasteiger partial charge in [0.1, 0.15) is 5.75 Å². The van der Waals surface area contributed by atoms with E-state index in [-0.39, 0.29) is 6.04 Å². The number of halogens is 1. The van der Waals surface area contributed by atoms with Crippen molar-refractivity contribution in [3.63, 3.8) is 0 Å². The molecule has 0 aliphatic carbocycles. The van der Waals surface area contributed by atoms with Gasteiger partial charge in [-0.25, -0.2) is 0 Å². The van der Waals surface area contributed by atoms with Crippen molar-refractivity contribution in [2.24, 2.45) is 5.73 Å². The molecule has 2 N–H and O–H groups in total. The van der Waals surface area contributed by atoms with Crippen LogP contribution in [0.1, 0.15) is 39.4 Å². The van der Waals surface area contributed by atoms with Crippen molar-refractivity contribution in [3.8, 4) is 5.75 Å². The Morgan fingerprint density at radius 3 is 2.10 bits per heavy atom. The van der Waals surface area contributed by atoms with Crippen LogP contribution in [0.15, 0.2) is 28.7 Å². The molecule has 0 aromatic heterocycles. The van der Waals surface area contributed by atoms with Crippen LogP contribution in [0.4, 0.5) is 0 Å². The smallest absolute Gasteiger partial charge is 0.127 e. The SMILES string of the molecule is COc1c(C(N)c2cc(C)c(Br)c(C)c2)ccc(C)c1C. The third kappa shape index (κ3) is 2.99. The van der Waals surface area contributed by atoms with Gasteiger partial charge in [-0.2, -0.15) is 0 Å². The predicted octanol–water partition coefficient (Wildman–Crippen LogP) is 4.74. The van der Waals surface area contributed by atoms with Gasteiger partial charge in [-0.1, -0.05) is 40.2 Å². The Labute approximate surface area is 135 Å². The highest BCUT2D eigenvalue weighted by Crippen LogP contribution is 2.34. The molecule has 0 spiro atoms. The number of nitrogens with two attached hydrogens (primary N) is 1. The Morgan fingerprint density at radius 1 is 1.00 bits per heavy atom. The van der Waals surface area contributed by atoms with Crippen molar-refractivity contribution >= 4 is 15.9 Å². The Kier molecular flexibility index (Phi) is 4.74. The van der Waals surface area contributed by atoms with E-state index in [1.165, 1.54) is 16.7 Å². The zero-order valence-corrected chi connectivity index (χ0v) is 14.8. The van der Waals surface area contributed by atoms with E-state index in [0.717, 1.165) is 26.9 Å². The maximum absolute atomic E-state index is 6.50. The van der Waals surface area contributed by atoms with Gasteiger partial charge in [0.25, 0.3) is 0 Å². The first-order valence-corrected chi connectivity index (χ1v) is 7.82. The molecule has 112 valence electrons. The molecule has 0 saturated heterocycles. The van der Waals surface area contributed by atoms with Gasteiger partial charge < -0.3 is 10.5 Å². The first-order valence-electron chi connectivity index (χ1n) is 7.03. The lowest BCUT2D eigenvalue weighted by Crippen LogP contribution is -2.14. The Balaban J connectivity index is 2.55. The van der Waals surface area contributed by atoms with E-state index in [0.29, 0.717) is 0 Å². The number of benzene rings is 2. The van der Waals surface area contributed by atoms with Gasteiger partial charge in [0, 0.05) is 10.0 Å². The Morgan fingerprint density at radius 2 is 1.57 bits per heavy atom. The average Bonchev–Trinajstić information content (AvgIpc) is 2.46. The summed E-state index contributed by atoms with van der Waals surface area (Å²) < 4.78 is 6.74. The summed E-state index contributed by atoms with van der Waals surface area (Å²) in [6.07, 6.45) is 0. The molecule has 0 saturated carbocycles. The molecule has 21 heavy (non-hydrogen) atoms. The molecule has 0 amide bonds. The van der Waals surface area contributed by atoms with Crippen LogP contribution in [0.2, 0.25) is 0 Å². The highest BCUT2D eigenvalue weighted by molar-refractivity contribution is 9.10. The lowest BCUT2D eigenvalue weighted by molar-refractivity contribution is 0.404. The first kappa shape index (κ1) is 16.1. The number of hydrogen-bond acceptors (Lipinski definition) is 2. The van der Waals surface area contributed by atoms with Gasteiger partial charge in [-0.3, -0.25) is 0 Å². The number of methoxy groups -OCH3 is 1. The van der Waals surface area contributed by atoms with Crippen molar-refractivity contribution in [2.45, 2.75) is 33.7 Å². The minimum absolute atomic E-state index is 0.190. The third-order valence-corrected chi connectivity index (χ3v) is 5.32. The maximum atomic E-state index is 6.50. The van der Waals surface area contributed by atoms with E-state index >= 15 is 0 Å². The van der Waals surface area contributed by atoms with Crippen LogP contribution in [0.3, 0.4) is 0 Å². The van der Waals surface area contributed by atoms with Gasteiger partial charge in [0.2, 0.25) is 0 Å². The Hall–Kier alpha value is -1.32. The minimum atomic E-state index is -0.190. The van der Waals surface area contributed by atoms with Crippen molar-refractivity contribution in [3.05, 3.63) is 62.1 Å². The number of hydrogen-bond donors (Lipinski definition) is 1. The molecule has 3 heteroatoms. The fourth-order valence-corrected chi connectivity index (χ4v) is 2.89. The molecule has 0 fully saturated rings. The van der Waals surface area contributed by atoms with E-state index in [1.807, 2.05) is 0 Å². The monoisotopic (exact) mass is 347 g/mol. The molecule has 2 aromatic rings. The molecule has 2 rings (SSSR count). The lowest BCUT2D eigenvalue weighted by Gasteiger charge is -2.20. The zero-order chi connectivity index (χ0) is 15.7. The summed E-state index contributed by atoms with van der Waals surface area (Å²) in [6, 6.07) is 8.25. The normalized spacial score (nSPS) is 12.3. The van der Waals surface area contributed by atoms with E-state index in [1.54, 1.807) is 7.11 Å². The second kappa shape index (κ2) is 6.20. The number of ether oxygens (including phenoxy) is 1. The summed E-state index contributed by atoms with van der Waals surface area (Å²) in [6.45, 7) is 8.33. The molecular weight excluding hydrogens is 326 g/mol. The van der Waals surface area contributed by atoms with Crippen LogP contribution in [0.5, 0.6) is 5.75 Å². The summed E-state index contributed by atoms with van der Waals surface area (Å²) >= 11 is 3.60. The largest absolute Gasteiger partial charge is 0.496 e. The highest BCUT2D eigenvalue weighted by Gasteiger charge is 2.18. The van der Waals surface area contributed by atoms with Crippen LogP contribution in [0, 0.1) is 27.7 Å². The van der Waals surface area contributed by atoms with Crippen LogP contribution < -0.4 is 10.5 Å². The topological polar surface area (TPSA) is 35.2 Å². The Bertz CT molecular complexity index is 656. The van der Waals surface area contributed by atoms with E-state index in [2.05, 4.69) is 67.9 Å². The lowest BCUT2D eigenvalue weighted by atomic mass is 9.93. The highest BCUT2D eigenvalue weighted by atomic mass is 79.9. The van der Waals surface area contributed by atoms with Crippen molar-refractivity contribution in [2.75, 3.05) is 7.11 Å². The van der Waals surface area contributed by atoms with Gasteiger partial charge in [0.15, 0.2) is 0 Å². The predicted molar refractivity (Wildman–Crippen MR) is 92.1 cm³/mol. The van der Waals surface area contributed by atoms with Gasteiger partial charge in [-0.15, -0.1) is 0 Å². The van der Waals surface area contributed by atoms with E-state index in [9.17, 15) is 0 Å². The number of rotatable bonds is 3. The quantitative estimate of drug-likeness (QED) is 0.870. The second-order valence-electron chi connectivity index (χ2n) is 5.58. The maximum Gasteiger partial charge on any atom is 0.127 e. The molecule has 2 aromatic carbocycles. The van der Waals surface area contributed by atoms with Gasteiger partial charge in [-0.05, 0) is 55.5 Å². The van der Waals surface area contributed by atoms with Crippen LogP contribution in [-0.2, 0) is 0 Å². The summed E-state index contributed by atoms with van der Waals surface area (Å²) in [4.78, 5) is 0. The molecule has 1 atom stereocenters. The van der Waals surface area contributed by atoms with Crippen molar-refractivity contribution < 1.29 is 4.74 Å². The summed E-state index contributed by atoms with van der Waals surface area (Å²) in [5.74, 6) is 0.890. The summed E-state index contributed by atoms with van der Waals surface area (Å²) in [5.41, 5.74) is 13.4. The van der Waals surface area contributed by atoms with E-state index in [4.69, 9.17) is 10.5 Å². The molecule has 0 bridgehead atoms. The fourth-order valence-electron chi connectivity index (χ4n) is 2.67.